The minimum Gasteiger partial charge on any atom is -0.468 e. The van der Waals surface area contributed by atoms with Crippen molar-refractivity contribution in [1.29, 1.82) is 0 Å². The van der Waals surface area contributed by atoms with Gasteiger partial charge in [0.15, 0.2) is 0 Å². The predicted octanol–water partition coefficient (Wildman–Crippen LogP) is 1.65. The fourth-order valence-electron chi connectivity index (χ4n) is 1.64. The molecule has 1 aromatic heterocycles. The third-order valence-electron chi connectivity index (χ3n) is 2.59. The quantitative estimate of drug-likeness (QED) is 0.672. The van der Waals surface area contributed by atoms with Gasteiger partial charge in [-0.15, -0.1) is 0 Å². The highest BCUT2D eigenvalue weighted by molar-refractivity contribution is 7.89. The third kappa shape index (κ3) is 5.66. The van der Waals surface area contributed by atoms with E-state index >= 15 is 0 Å². The van der Waals surface area contributed by atoms with Crippen LogP contribution in [0.25, 0.3) is 0 Å². The summed E-state index contributed by atoms with van der Waals surface area (Å²) >= 11 is 0. The Morgan fingerprint density at radius 2 is 2.17 bits per heavy atom. The molecule has 0 aliphatic heterocycles. The van der Waals surface area contributed by atoms with Crippen LogP contribution in [-0.4, -0.2) is 27.3 Å². The molecule has 5 nitrogen and oxygen atoms in total. The van der Waals surface area contributed by atoms with Crippen LogP contribution in [0, 0.1) is 0 Å². The number of unbranched alkanes of at least 4 members (excludes halogenated alkanes) is 1. The van der Waals surface area contributed by atoms with Gasteiger partial charge in [-0.2, -0.15) is 0 Å². The molecule has 6 heteroatoms. The second-order valence-electron chi connectivity index (χ2n) is 4.23. The molecule has 0 spiro atoms. The Bertz CT molecular complexity index is 415. The number of hydrogen-bond donors (Lipinski definition) is 2. The van der Waals surface area contributed by atoms with Crippen molar-refractivity contribution in [3.63, 3.8) is 0 Å². The van der Waals surface area contributed by atoms with Crippen molar-refractivity contribution in [2.45, 2.75) is 32.7 Å². The number of sulfonamides is 1. The first kappa shape index (κ1) is 15.2. The van der Waals surface area contributed by atoms with Gasteiger partial charge in [0.2, 0.25) is 10.0 Å². The maximum Gasteiger partial charge on any atom is 0.212 e. The summed E-state index contributed by atoms with van der Waals surface area (Å²) in [6, 6.07) is 3.19. The van der Waals surface area contributed by atoms with Crippen molar-refractivity contribution in [3.8, 4) is 0 Å². The second kappa shape index (κ2) is 7.56. The molecule has 0 saturated carbocycles. The largest absolute Gasteiger partial charge is 0.468 e. The van der Waals surface area contributed by atoms with E-state index in [1.807, 2.05) is 6.92 Å². The highest BCUT2D eigenvalue weighted by Crippen LogP contribution is 2.13. The molecule has 1 aromatic rings. The lowest BCUT2D eigenvalue weighted by Gasteiger charge is -2.11. The Balaban J connectivity index is 2.31. The fourth-order valence-corrected chi connectivity index (χ4v) is 3.00. The molecule has 1 heterocycles. The van der Waals surface area contributed by atoms with Gasteiger partial charge in [-0.25, -0.2) is 13.1 Å². The number of hydrogen-bond acceptors (Lipinski definition) is 4. The molecule has 0 fully saturated rings. The monoisotopic (exact) mass is 274 g/mol. The van der Waals surface area contributed by atoms with E-state index in [1.54, 1.807) is 19.1 Å². The summed E-state index contributed by atoms with van der Waals surface area (Å²) in [7, 11) is -3.23. The van der Waals surface area contributed by atoms with Crippen LogP contribution in [0.2, 0.25) is 0 Å². The molecule has 0 saturated heterocycles. The molecule has 104 valence electrons. The molecule has 0 amide bonds. The van der Waals surface area contributed by atoms with Crippen LogP contribution >= 0.6 is 0 Å². The van der Waals surface area contributed by atoms with Gasteiger partial charge in [-0.1, -0.05) is 6.92 Å². The summed E-state index contributed by atoms with van der Waals surface area (Å²) in [4.78, 5) is 0. The molecule has 0 radical (unpaired) electrons. The van der Waals surface area contributed by atoms with Gasteiger partial charge in [0.05, 0.1) is 18.1 Å². The Morgan fingerprint density at radius 3 is 2.78 bits per heavy atom. The Kier molecular flexibility index (Phi) is 6.38. The highest BCUT2D eigenvalue weighted by Gasteiger charge is 2.16. The zero-order valence-corrected chi connectivity index (χ0v) is 11.8. The first-order chi connectivity index (χ1) is 8.55. The van der Waals surface area contributed by atoms with E-state index in [0.717, 1.165) is 19.5 Å². The molecule has 0 aliphatic rings. The SMILES string of the molecule is CCNCCCCS(=O)(=O)NC(C)c1ccco1. The van der Waals surface area contributed by atoms with E-state index in [0.29, 0.717) is 12.2 Å². The molecule has 18 heavy (non-hydrogen) atoms. The Morgan fingerprint density at radius 1 is 1.39 bits per heavy atom. The predicted molar refractivity (Wildman–Crippen MR) is 71.8 cm³/mol. The number of furan rings is 1. The molecule has 1 atom stereocenters. The molecule has 0 aliphatic carbocycles. The Labute approximate surface area is 109 Å². The van der Waals surface area contributed by atoms with Crippen LogP contribution in [0.15, 0.2) is 22.8 Å². The summed E-state index contributed by atoms with van der Waals surface area (Å²) in [6.45, 7) is 5.58. The van der Waals surface area contributed by atoms with Crippen LogP contribution < -0.4 is 10.0 Å². The zero-order chi connectivity index (χ0) is 13.4. The number of rotatable bonds is 9. The first-order valence-corrected chi connectivity index (χ1v) is 7.94. The average molecular weight is 274 g/mol. The van der Waals surface area contributed by atoms with E-state index in [2.05, 4.69) is 10.0 Å². The molecule has 0 bridgehead atoms. The molecule has 0 aromatic carbocycles. The van der Waals surface area contributed by atoms with Gasteiger partial charge < -0.3 is 9.73 Å². The van der Waals surface area contributed by atoms with Gasteiger partial charge in [-0.3, -0.25) is 0 Å². The van der Waals surface area contributed by atoms with E-state index < -0.39 is 10.0 Å². The summed E-state index contributed by atoms with van der Waals surface area (Å²) in [6.07, 6.45) is 3.06. The molecule has 1 rings (SSSR count). The Hall–Kier alpha value is -0.850. The van der Waals surface area contributed by atoms with Gasteiger partial charge in [-0.05, 0) is 45.0 Å². The van der Waals surface area contributed by atoms with Crippen LogP contribution in [0.5, 0.6) is 0 Å². The van der Waals surface area contributed by atoms with Gasteiger partial charge >= 0.3 is 0 Å². The lowest BCUT2D eigenvalue weighted by molar-refractivity contribution is 0.459. The van der Waals surface area contributed by atoms with Crippen LogP contribution in [0.4, 0.5) is 0 Å². The van der Waals surface area contributed by atoms with Crippen molar-refractivity contribution in [3.05, 3.63) is 24.2 Å². The smallest absolute Gasteiger partial charge is 0.212 e. The van der Waals surface area contributed by atoms with E-state index in [-0.39, 0.29) is 11.8 Å². The summed E-state index contributed by atoms with van der Waals surface area (Å²) in [5, 5.41) is 3.17. The third-order valence-corrected chi connectivity index (χ3v) is 4.13. The van der Waals surface area contributed by atoms with Crippen molar-refractivity contribution in [1.82, 2.24) is 10.0 Å². The summed E-state index contributed by atoms with van der Waals surface area (Å²) < 4.78 is 31.4. The number of nitrogens with one attached hydrogen (secondary N) is 2. The van der Waals surface area contributed by atoms with E-state index in [9.17, 15) is 8.42 Å². The zero-order valence-electron chi connectivity index (χ0n) is 11.0. The van der Waals surface area contributed by atoms with Gasteiger partial charge in [0.25, 0.3) is 0 Å². The maximum atomic E-state index is 11.8. The lowest BCUT2D eigenvalue weighted by atomic mass is 10.3. The molecular weight excluding hydrogens is 252 g/mol. The van der Waals surface area contributed by atoms with Crippen molar-refractivity contribution < 1.29 is 12.8 Å². The van der Waals surface area contributed by atoms with Crippen molar-refractivity contribution >= 4 is 10.0 Å². The minimum atomic E-state index is -3.23. The minimum absolute atomic E-state index is 0.156. The summed E-state index contributed by atoms with van der Waals surface area (Å²) in [5.74, 6) is 0.787. The second-order valence-corrected chi connectivity index (χ2v) is 6.11. The molecule has 2 N–H and O–H groups in total. The van der Waals surface area contributed by atoms with E-state index in [1.165, 1.54) is 6.26 Å². The van der Waals surface area contributed by atoms with Crippen LogP contribution in [0.3, 0.4) is 0 Å². The van der Waals surface area contributed by atoms with Gasteiger partial charge in [0.1, 0.15) is 5.76 Å². The fraction of sp³-hybridized carbons (Fsp3) is 0.667. The maximum absolute atomic E-state index is 11.8. The normalized spacial score (nSPS) is 13.7. The average Bonchev–Trinajstić information content (AvgIpc) is 2.81. The lowest BCUT2D eigenvalue weighted by Crippen LogP contribution is -2.29. The highest BCUT2D eigenvalue weighted by atomic mass is 32.2. The van der Waals surface area contributed by atoms with Gasteiger partial charge in [0, 0.05) is 0 Å². The van der Waals surface area contributed by atoms with Crippen molar-refractivity contribution in [2.75, 3.05) is 18.8 Å². The molecule has 1 unspecified atom stereocenters. The van der Waals surface area contributed by atoms with Crippen molar-refractivity contribution in [2.24, 2.45) is 0 Å². The van der Waals surface area contributed by atoms with E-state index in [4.69, 9.17) is 4.42 Å². The first-order valence-electron chi connectivity index (χ1n) is 6.29. The standard InChI is InChI=1S/C12H22N2O3S/c1-3-13-8-4-5-10-18(15,16)14-11(2)12-7-6-9-17-12/h6-7,9,11,13-14H,3-5,8,10H2,1-2H3. The van der Waals surface area contributed by atoms with Crippen LogP contribution in [0.1, 0.15) is 38.5 Å². The van der Waals surface area contributed by atoms with Crippen LogP contribution in [-0.2, 0) is 10.0 Å². The summed E-state index contributed by atoms with van der Waals surface area (Å²) in [5.41, 5.74) is 0. The topological polar surface area (TPSA) is 71.3 Å². The molecular formula is C12H22N2O3S.